The summed E-state index contributed by atoms with van der Waals surface area (Å²) in [6, 6.07) is 16.4. The second-order valence-electron chi connectivity index (χ2n) is 4.09. The minimum atomic E-state index is 0.624. The van der Waals surface area contributed by atoms with Crippen LogP contribution in [0.25, 0.3) is 0 Å². The number of hydrogen-bond acceptors (Lipinski definition) is 0. The van der Waals surface area contributed by atoms with Crippen molar-refractivity contribution in [3.05, 3.63) is 69.7 Å². The van der Waals surface area contributed by atoms with Gasteiger partial charge in [0, 0.05) is 0 Å². The first-order valence-corrected chi connectivity index (χ1v) is 6.49. The van der Waals surface area contributed by atoms with Gasteiger partial charge in [0.05, 0.1) is 10.0 Å². The van der Waals surface area contributed by atoms with Gasteiger partial charge in [0.25, 0.3) is 0 Å². The summed E-state index contributed by atoms with van der Waals surface area (Å²) in [5.41, 5.74) is 2.63. The lowest BCUT2D eigenvalue weighted by atomic mass is 10.0. The Balaban J connectivity index is 1.88. The molecule has 0 aliphatic carbocycles. The normalized spacial score (nSPS) is 10.5. The average molecular weight is 265 g/mol. The van der Waals surface area contributed by atoms with Crippen LogP contribution in [0, 0.1) is 0 Å². The van der Waals surface area contributed by atoms with Gasteiger partial charge in [-0.1, -0.05) is 59.6 Å². The van der Waals surface area contributed by atoms with Crippen LogP contribution in [0.5, 0.6) is 0 Å². The van der Waals surface area contributed by atoms with Crippen molar-refractivity contribution in [2.45, 2.75) is 19.3 Å². The van der Waals surface area contributed by atoms with Crippen molar-refractivity contribution in [3.8, 4) is 0 Å². The van der Waals surface area contributed by atoms with Gasteiger partial charge >= 0.3 is 0 Å². The van der Waals surface area contributed by atoms with E-state index in [4.69, 9.17) is 23.2 Å². The number of halogens is 2. The minimum Gasteiger partial charge on any atom is -0.0827 e. The third-order valence-electron chi connectivity index (χ3n) is 2.76. The van der Waals surface area contributed by atoms with Gasteiger partial charge in [-0.05, 0) is 42.5 Å². The van der Waals surface area contributed by atoms with Gasteiger partial charge in [0.1, 0.15) is 0 Å². The molecular weight excluding hydrogens is 251 g/mol. The van der Waals surface area contributed by atoms with Crippen LogP contribution in [0.1, 0.15) is 17.5 Å². The van der Waals surface area contributed by atoms with Crippen LogP contribution in [0.4, 0.5) is 0 Å². The molecule has 0 nitrogen and oxygen atoms in total. The van der Waals surface area contributed by atoms with Gasteiger partial charge in [0.2, 0.25) is 0 Å². The lowest BCUT2D eigenvalue weighted by Gasteiger charge is -2.04. The third-order valence-corrected chi connectivity index (χ3v) is 3.50. The van der Waals surface area contributed by atoms with Crippen molar-refractivity contribution in [2.75, 3.05) is 0 Å². The fraction of sp³-hybridized carbons (Fsp3) is 0.200. The minimum absolute atomic E-state index is 0.624. The molecule has 0 spiro atoms. The molecule has 2 aromatic rings. The van der Waals surface area contributed by atoms with E-state index in [1.807, 2.05) is 24.3 Å². The number of rotatable bonds is 4. The first-order chi connectivity index (χ1) is 8.25. The zero-order valence-electron chi connectivity index (χ0n) is 9.50. The Bertz CT molecular complexity index is 478. The van der Waals surface area contributed by atoms with E-state index in [1.54, 1.807) is 0 Å². The summed E-state index contributed by atoms with van der Waals surface area (Å²) in [5.74, 6) is 0. The lowest BCUT2D eigenvalue weighted by Crippen LogP contribution is -1.90. The summed E-state index contributed by atoms with van der Waals surface area (Å²) in [5, 5.41) is 1.27. The van der Waals surface area contributed by atoms with Gasteiger partial charge < -0.3 is 0 Å². The van der Waals surface area contributed by atoms with E-state index in [9.17, 15) is 0 Å². The quantitative estimate of drug-likeness (QED) is 0.715. The molecule has 0 fully saturated rings. The van der Waals surface area contributed by atoms with Crippen molar-refractivity contribution < 1.29 is 0 Å². The third kappa shape index (κ3) is 3.76. The van der Waals surface area contributed by atoms with Crippen molar-refractivity contribution in [3.63, 3.8) is 0 Å². The van der Waals surface area contributed by atoms with Crippen molar-refractivity contribution in [1.82, 2.24) is 0 Å². The Morgan fingerprint density at radius 2 is 1.41 bits per heavy atom. The Labute approximate surface area is 112 Å². The molecule has 0 N–H and O–H groups in total. The smallest absolute Gasteiger partial charge is 0.0595 e. The monoisotopic (exact) mass is 264 g/mol. The molecule has 0 saturated carbocycles. The number of hydrogen-bond donors (Lipinski definition) is 0. The lowest BCUT2D eigenvalue weighted by molar-refractivity contribution is 0.821. The summed E-state index contributed by atoms with van der Waals surface area (Å²) >= 11 is 11.9. The van der Waals surface area contributed by atoms with Crippen LogP contribution in [0.2, 0.25) is 10.0 Å². The van der Waals surface area contributed by atoms with Crippen LogP contribution < -0.4 is 0 Å². The maximum atomic E-state index is 5.98. The predicted octanol–water partition coefficient (Wildman–Crippen LogP) is 5.17. The second kappa shape index (κ2) is 6.09. The topological polar surface area (TPSA) is 0 Å². The van der Waals surface area contributed by atoms with E-state index in [0.717, 1.165) is 19.3 Å². The van der Waals surface area contributed by atoms with Crippen LogP contribution >= 0.6 is 23.2 Å². The highest BCUT2D eigenvalue weighted by Gasteiger charge is 2.00. The number of aryl methyl sites for hydroxylation is 2. The molecule has 0 aliphatic rings. The van der Waals surface area contributed by atoms with E-state index in [1.165, 1.54) is 11.1 Å². The molecule has 2 heteroatoms. The molecule has 0 atom stereocenters. The first-order valence-electron chi connectivity index (χ1n) is 5.73. The Kier molecular flexibility index (Phi) is 4.47. The Hall–Kier alpha value is -0.980. The Morgan fingerprint density at radius 1 is 0.706 bits per heavy atom. The molecule has 0 amide bonds. The molecule has 88 valence electrons. The first kappa shape index (κ1) is 12.5. The van der Waals surface area contributed by atoms with Crippen LogP contribution in [-0.2, 0) is 12.8 Å². The molecule has 0 saturated heterocycles. The summed E-state index contributed by atoms with van der Waals surface area (Å²) in [4.78, 5) is 0. The van der Waals surface area contributed by atoms with Gasteiger partial charge in [-0.2, -0.15) is 0 Å². The summed E-state index contributed by atoms with van der Waals surface area (Å²) in [6.07, 6.45) is 3.26. The van der Waals surface area contributed by atoms with E-state index in [2.05, 4.69) is 24.3 Å². The van der Waals surface area contributed by atoms with Crippen LogP contribution in [-0.4, -0.2) is 0 Å². The molecule has 17 heavy (non-hydrogen) atoms. The molecular formula is C15H14Cl2. The maximum absolute atomic E-state index is 5.98. The van der Waals surface area contributed by atoms with Gasteiger partial charge in [-0.3, -0.25) is 0 Å². The Morgan fingerprint density at radius 3 is 2.12 bits per heavy atom. The van der Waals surface area contributed by atoms with E-state index in [0.29, 0.717) is 10.0 Å². The number of benzene rings is 2. The molecule has 2 aromatic carbocycles. The van der Waals surface area contributed by atoms with Gasteiger partial charge in [-0.15, -0.1) is 0 Å². The molecule has 0 bridgehead atoms. The maximum Gasteiger partial charge on any atom is 0.0595 e. The fourth-order valence-corrected chi connectivity index (χ4v) is 2.16. The zero-order chi connectivity index (χ0) is 12.1. The van der Waals surface area contributed by atoms with Crippen molar-refractivity contribution in [1.29, 1.82) is 0 Å². The second-order valence-corrected chi connectivity index (χ2v) is 4.90. The highest BCUT2D eigenvalue weighted by molar-refractivity contribution is 6.42. The highest BCUT2D eigenvalue weighted by Crippen LogP contribution is 2.23. The summed E-state index contributed by atoms with van der Waals surface area (Å²) in [7, 11) is 0. The van der Waals surface area contributed by atoms with Crippen molar-refractivity contribution >= 4 is 23.2 Å². The summed E-state index contributed by atoms with van der Waals surface area (Å²) < 4.78 is 0. The average Bonchev–Trinajstić information content (AvgIpc) is 2.35. The molecule has 0 radical (unpaired) electrons. The molecule has 0 aromatic heterocycles. The van der Waals surface area contributed by atoms with E-state index in [-0.39, 0.29) is 0 Å². The largest absolute Gasteiger partial charge is 0.0827 e. The van der Waals surface area contributed by atoms with Crippen LogP contribution in [0.3, 0.4) is 0 Å². The zero-order valence-corrected chi connectivity index (χ0v) is 11.0. The summed E-state index contributed by atoms with van der Waals surface area (Å²) in [6.45, 7) is 0. The predicted molar refractivity (Wildman–Crippen MR) is 74.9 cm³/mol. The van der Waals surface area contributed by atoms with Gasteiger partial charge in [-0.25, -0.2) is 0 Å². The molecule has 0 heterocycles. The SMILES string of the molecule is Clc1ccc(CCCc2ccccc2)cc1Cl. The molecule has 0 aliphatic heterocycles. The van der Waals surface area contributed by atoms with Gasteiger partial charge in [0.15, 0.2) is 0 Å². The van der Waals surface area contributed by atoms with E-state index < -0.39 is 0 Å². The fourth-order valence-electron chi connectivity index (χ4n) is 1.84. The molecule has 0 unspecified atom stereocenters. The highest BCUT2D eigenvalue weighted by atomic mass is 35.5. The molecule has 2 rings (SSSR count). The van der Waals surface area contributed by atoms with E-state index >= 15 is 0 Å². The van der Waals surface area contributed by atoms with Crippen LogP contribution in [0.15, 0.2) is 48.5 Å². The van der Waals surface area contributed by atoms with Crippen molar-refractivity contribution in [2.24, 2.45) is 0 Å². The standard InChI is InChI=1S/C15H14Cl2/c16-14-10-9-13(11-15(14)17)8-4-7-12-5-2-1-3-6-12/h1-3,5-6,9-11H,4,7-8H2.